The summed E-state index contributed by atoms with van der Waals surface area (Å²) in [4.78, 5) is 12.5. The zero-order valence-electron chi connectivity index (χ0n) is 9.32. The number of hydrogen-bond donors (Lipinski definition) is 1. The lowest BCUT2D eigenvalue weighted by molar-refractivity contribution is 0.141. The van der Waals surface area contributed by atoms with Crippen LogP contribution in [-0.2, 0) is 6.54 Å². The average molecular weight is 286 g/mol. The summed E-state index contributed by atoms with van der Waals surface area (Å²) in [5, 5.41) is 9.06. The Hall–Kier alpha value is -1.03. The molecule has 0 aromatic heterocycles. The molecule has 0 aliphatic rings. The largest absolute Gasteiger partial charge is 0.465 e. The minimum atomic E-state index is -0.857. The number of hydrogen-bond acceptors (Lipinski definition) is 1. The van der Waals surface area contributed by atoms with Gasteiger partial charge >= 0.3 is 6.09 Å². The molecule has 0 aliphatic carbocycles. The van der Waals surface area contributed by atoms with Crippen LogP contribution in [0.15, 0.2) is 28.7 Å². The summed E-state index contributed by atoms with van der Waals surface area (Å²) in [5.41, 5.74) is 1.00. The van der Waals surface area contributed by atoms with Gasteiger partial charge in [-0.2, -0.15) is 0 Å². The Labute approximate surface area is 104 Å². The first-order chi connectivity index (χ1) is 7.65. The highest BCUT2D eigenvalue weighted by molar-refractivity contribution is 9.10. The molecule has 1 N–H and O–H groups in total. The second-order valence-electron chi connectivity index (χ2n) is 3.65. The van der Waals surface area contributed by atoms with Crippen molar-refractivity contribution in [3.63, 3.8) is 0 Å². The van der Waals surface area contributed by atoms with Crippen molar-refractivity contribution in [3.05, 3.63) is 34.3 Å². The maximum absolute atomic E-state index is 11.0. The topological polar surface area (TPSA) is 40.5 Å². The van der Waals surface area contributed by atoms with Gasteiger partial charge in [-0.25, -0.2) is 4.79 Å². The summed E-state index contributed by atoms with van der Waals surface area (Å²) in [6, 6.07) is 7.70. The van der Waals surface area contributed by atoms with E-state index in [-0.39, 0.29) is 0 Å². The third-order valence-electron chi connectivity index (χ3n) is 2.37. The molecule has 0 atom stereocenters. The summed E-state index contributed by atoms with van der Waals surface area (Å²) in [6.07, 6.45) is 1.04. The molecule has 16 heavy (non-hydrogen) atoms. The van der Waals surface area contributed by atoms with Crippen molar-refractivity contribution < 1.29 is 9.90 Å². The van der Waals surface area contributed by atoms with Gasteiger partial charge in [-0.15, -0.1) is 0 Å². The normalized spacial score (nSPS) is 10.1. The fourth-order valence-corrected chi connectivity index (χ4v) is 1.83. The third-order valence-corrected chi connectivity index (χ3v) is 3.14. The molecule has 4 heteroatoms. The Morgan fingerprint density at radius 2 is 2.12 bits per heavy atom. The van der Waals surface area contributed by atoms with Gasteiger partial charge in [0.2, 0.25) is 0 Å². The molecule has 0 aliphatic heterocycles. The van der Waals surface area contributed by atoms with Crippen molar-refractivity contribution in [1.29, 1.82) is 0 Å². The van der Waals surface area contributed by atoms with Gasteiger partial charge in [0, 0.05) is 11.0 Å². The minimum absolute atomic E-state index is 0.441. The van der Waals surface area contributed by atoms with Crippen LogP contribution in [0.5, 0.6) is 0 Å². The fraction of sp³-hybridized carbons (Fsp3) is 0.417. The molecule has 0 radical (unpaired) electrons. The van der Waals surface area contributed by atoms with E-state index in [2.05, 4.69) is 22.9 Å². The maximum atomic E-state index is 11.0. The Balaban J connectivity index is 2.68. The van der Waals surface area contributed by atoms with Gasteiger partial charge < -0.3 is 10.0 Å². The van der Waals surface area contributed by atoms with Crippen molar-refractivity contribution in [3.8, 4) is 0 Å². The number of unbranched alkanes of at least 4 members (excludes halogenated alkanes) is 1. The number of carbonyl (C=O) groups is 1. The molecule has 88 valence electrons. The van der Waals surface area contributed by atoms with Gasteiger partial charge in [0.1, 0.15) is 0 Å². The molecular formula is C12H16BrNO2. The summed E-state index contributed by atoms with van der Waals surface area (Å²) in [5.74, 6) is 0. The van der Waals surface area contributed by atoms with Gasteiger partial charge in [-0.1, -0.05) is 47.5 Å². The monoisotopic (exact) mass is 285 g/mol. The second-order valence-corrected chi connectivity index (χ2v) is 4.50. The molecule has 0 unspecified atom stereocenters. The lowest BCUT2D eigenvalue weighted by Gasteiger charge is -2.19. The van der Waals surface area contributed by atoms with E-state index < -0.39 is 6.09 Å². The first kappa shape index (κ1) is 13.0. The standard InChI is InChI=1S/C12H16BrNO2/c1-2-3-8-14(12(15)16)9-10-6-4-5-7-11(10)13/h4-7H,2-3,8-9H2,1H3,(H,15,16). The smallest absolute Gasteiger partial charge is 0.407 e. The number of rotatable bonds is 5. The fourth-order valence-electron chi connectivity index (χ4n) is 1.42. The number of nitrogens with zero attached hydrogens (tertiary/aromatic N) is 1. The van der Waals surface area contributed by atoms with Crippen molar-refractivity contribution in [1.82, 2.24) is 4.90 Å². The first-order valence-electron chi connectivity index (χ1n) is 5.36. The second kappa shape index (κ2) is 6.53. The van der Waals surface area contributed by atoms with Crippen molar-refractivity contribution >= 4 is 22.0 Å². The predicted molar refractivity (Wildman–Crippen MR) is 67.5 cm³/mol. The van der Waals surface area contributed by atoms with Gasteiger partial charge in [0.25, 0.3) is 0 Å². The molecule has 1 amide bonds. The number of benzene rings is 1. The lowest BCUT2D eigenvalue weighted by Crippen LogP contribution is -2.29. The van der Waals surface area contributed by atoms with Crippen molar-refractivity contribution in [2.45, 2.75) is 26.3 Å². The van der Waals surface area contributed by atoms with Crippen LogP contribution in [0.2, 0.25) is 0 Å². The van der Waals surface area contributed by atoms with E-state index in [1.165, 1.54) is 4.90 Å². The van der Waals surface area contributed by atoms with Crippen LogP contribution in [-0.4, -0.2) is 22.6 Å². The van der Waals surface area contributed by atoms with E-state index in [9.17, 15) is 4.79 Å². The minimum Gasteiger partial charge on any atom is -0.465 e. The summed E-state index contributed by atoms with van der Waals surface area (Å²) >= 11 is 3.42. The van der Waals surface area contributed by atoms with Crippen LogP contribution in [0.1, 0.15) is 25.3 Å². The zero-order valence-corrected chi connectivity index (χ0v) is 10.9. The Morgan fingerprint density at radius 3 is 2.69 bits per heavy atom. The SMILES string of the molecule is CCCCN(Cc1ccccc1Br)C(=O)O. The van der Waals surface area contributed by atoms with Crippen LogP contribution in [0.3, 0.4) is 0 Å². The van der Waals surface area contributed by atoms with E-state index in [0.717, 1.165) is 22.9 Å². The molecule has 3 nitrogen and oxygen atoms in total. The van der Waals surface area contributed by atoms with E-state index in [1.807, 2.05) is 24.3 Å². The predicted octanol–water partition coefficient (Wildman–Crippen LogP) is 3.73. The third kappa shape index (κ3) is 3.85. The van der Waals surface area contributed by atoms with Gasteiger partial charge in [-0.05, 0) is 18.1 Å². The number of carboxylic acid groups (broad SMARTS) is 1. The molecule has 0 spiro atoms. The summed E-state index contributed by atoms with van der Waals surface area (Å²) in [6.45, 7) is 3.09. The average Bonchev–Trinajstić information content (AvgIpc) is 2.26. The van der Waals surface area contributed by atoms with Crippen molar-refractivity contribution in [2.75, 3.05) is 6.54 Å². The number of amides is 1. The van der Waals surface area contributed by atoms with Gasteiger partial charge in [-0.3, -0.25) is 0 Å². The highest BCUT2D eigenvalue weighted by Gasteiger charge is 2.12. The molecule has 0 fully saturated rings. The van der Waals surface area contributed by atoms with Crippen LogP contribution in [0, 0.1) is 0 Å². The van der Waals surface area contributed by atoms with Crippen LogP contribution < -0.4 is 0 Å². The Kier molecular flexibility index (Phi) is 5.32. The zero-order chi connectivity index (χ0) is 12.0. The van der Waals surface area contributed by atoms with Crippen LogP contribution in [0.4, 0.5) is 4.79 Å². The molecule has 1 aromatic carbocycles. The van der Waals surface area contributed by atoms with E-state index >= 15 is 0 Å². The van der Waals surface area contributed by atoms with Crippen molar-refractivity contribution in [2.24, 2.45) is 0 Å². The quantitative estimate of drug-likeness (QED) is 0.896. The highest BCUT2D eigenvalue weighted by atomic mass is 79.9. The Bertz CT molecular complexity index is 355. The molecule has 1 rings (SSSR count). The maximum Gasteiger partial charge on any atom is 0.407 e. The molecule has 1 aromatic rings. The molecular weight excluding hydrogens is 270 g/mol. The lowest BCUT2D eigenvalue weighted by atomic mass is 10.2. The van der Waals surface area contributed by atoms with Gasteiger partial charge in [0.05, 0.1) is 6.54 Å². The Morgan fingerprint density at radius 1 is 1.44 bits per heavy atom. The summed E-state index contributed by atoms with van der Waals surface area (Å²) in [7, 11) is 0. The van der Waals surface area contributed by atoms with Crippen LogP contribution in [0.25, 0.3) is 0 Å². The molecule has 0 heterocycles. The van der Waals surface area contributed by atoms with E-state index in [1.54, 1.807) is 0 Å². The van der Waals surface area contributed by atoms with Crippen LogP contribution >= 0.6 is 15.9 Å². The van der Waals surface area contributed by atoms with E-state index in [0.29, 0.717) is 13.1 Å². The first-order valence-corrected chi connectivity index (χ1v) is 6.15. The van der Waals surface area contributed by atoms with E-state index in [4.69, 9.17) is 5.11 Å². The molecule has 0 saturated carbocycles. The van der Waals surface area contributed by atoms with Gasteiger partial charge in [0.15, 0.2) is 0 Å². The molecule has 0 saturated heterocycles. The number of halogens is 1. The molecule has 0 bridgehead atoms. The summed E-state index contributed by atoms with van der Waals surface area (Å²) < 4.78 is 0.956. The highest BCUT2D eigenvalue weighted by Crippen LogP contribution is 2.18.